The highest BCUT2D eigenvalue weighted by atomic mass is 19.1. The quantitative estimate of drug-likeness (QED) is 0.630. The summed E-state index contributed by atoms with van der Waals surface area (Å²) < 4.78 is 30.4. The van der Waals surface area contributed by atoms with Crippen LogP contribution in [-0.4, -0.2) is 19.0 Å². The number of ether oxygens (including phenoxy) is 1. The molecule has 1 aromatic carbocycles. The summed E-state index contributed by atoms with van der Waals surface area (Å²) >= 11 is 0. The molecule has 0 fully saturated rings. The van der Waals surface area contributed by atoms with Gasteiger partial charge in [-0.3, -0.25) is 9.59 Å². The van der Waals surface area contributed by atoms with Crippen LogP contribution in [0.25, 0.3) is 0 Å². The van der Waals surface area contributed by atoms with E-state index >= 15 is 0 Å². The molecule has 0 bridgehead atoms. The predicted molar refractivity (Wildman–Crippen MR) is 51.6 cm³/mol. The fourth-order valence-electron chi connectivity index (χ4n) is 1.00. The number of hydrogen-bond acceptors (Lipinski definition) is 3. The van der Waals surface area contributed by atoms with Crippen LogP contribution in [0.3, 0.4) is 0 Å². The van der Waals surface area contributed by atoms with Crippen molar-refractivity contribution >= 4 is 17.6 Å². The first kappa shape index (κ1) is 12.1. The van der Waals surface area contributed by atoms with Crippen molar-refractivity contribution in [2.24, 2.45) is 0 Å². The molecular weight excluding hydrogens is 220 g/mol. The second-order valence-electron chi connectivity index (χ2n) is 2.90. The second-order valence-corrected chi connectivity index (χ2v) is 2.90. The molecule has 6 heteroatoms. The average Bonchev–Trinajstić information content (AvgIpc) is 2.23. The van der Waals surface area contributed by atoms with E-state index in [9.17, 15) is 18.4 Å². The molecule has 16 heavy (non-hydrogen) atoms. The van der Waals surface area contributed by atoms with Crippen molar-refractivity contribution in [1.82, 2.24) is 0 Å². The monoisotopic (exact) mass is 229 g/mol. The van der Waals surface area contributed by atoms with Gasteiger partial charge in [-0.2, -0.15) is 0 Å². The van der Waals surface area contributed by atoms with E-state index in [1.165, 1.54) is 6.07 Å². The van der Waals surface area contributed by atoms with Crippen LogP contribution in [0.4, 0.5) is 14.5 Å². The summed E-state index contributed by atoms with van der Waals surface area (Å²) in [5.41, 5.74) is -0.573. The van der Waals surface area contributed by atoms with Gasteiger partial charge in [0, 0.05) is 0 Å². The van der Waals surface area contributed by atoms with Crippen LogP contribution in [0.5, 0.6) is 0 Å². The summed E-state index contributed by atoms with van der Waals surface area (Å²) in [5.74, 6) is -3.43. The van der Waals surface area contributed by atoms with Crippen molar-refractivity contribution in [3.8, 4) is 0 Å². The Labute approximate surface area is 90.2 Å². The molecule has 1 rings (SSSR count). The van der Waals surface area contributed by atoms with E-state index in [-0.39, 0.29) is 0 Å². The Balaban J connectivity index is 2.73. The molecule has 1 amide bonds. The maximum atomic E-state index is 13.1. The summed E-state index contributed by atoms with van der Waals surface area (Å²) in [6.07, 6.45) is -0.593. The minimum absolute atomic E-state index is 0.573. The molecule has 0 heterocycles. The lowest BCUT2D eigenvalue weighted by atomic mass is 10.2. The molecule has 0 aliphatic rings. The minimum Gasteiger partial charge on any atom is -0.469 e. The minimum atomic E-state index is -0.904. The molecule has 86 valence electrons. The first-order chi connectivity index (χ1) is 7.54. The third kappa shape index (κ3) is 3.01. The number of carbonyl (C=O) groups is 2. The average molecular weight is 229 g/mol. The molecule has 1 aromatic rings. The van der Waals surface area contributed by atoms with E-state index in [2.05, 4.69) is 4.74 Å². The van der Waals surface area contributed by atoms with Crippen LogP contribution in [0.2, 0.25) is 0 Å². The predicted octanol–water partition coefficient (Wildman–Crippen LogP) is 1.47. The topological polar surface area (TPSA) is 55.4 Å². The third-order valence-electron chi connectivity index (χ3n) is 1.76. The Bertz CT molecular complexity index is 400. The second kappa shape index (κ2) is 5.20. The standard InChI is InChI=1S/C10H9F2NO3/c1-16-9(15)5-8(14)13-10-6(11)3-2-4-7(10)12/h2-4H,5H2,1H3,(H,13,14). The van der Waals surface area contributed by atoms with E-state index in [0.29, 0.717) is 0 Å². The molecule has 0 atom stereocenters. The maximum Gasteiger partial charge on any atom is 0.315 e. The summed E-state index contributed by atoms with van der Waals surface area (Å²) in [5, 5.41) is 1.95. The Morgan fingerprint density at radius 1 is 1.31 bits per heavy atom. The Hall–Kier alpha value is -1.98. The van der Waals surface area contributed by atoms with Crippen LogP contribution in [-0.2, 0) is 14.3 Å². The van der Waals surface area contributed by atoms with Crippen molar-refractivity contribution < 1.29 is 23.1 Å². The van der Waals surface area contributed by atoms with E-state index in [1.54, 1.807) is 0 Å². The molecule has 0 saturated heterocycles. The van der Waals surface area contributed by atoms with E-state index in [4.69, 9.17) is 0 Å². The van der Waals surface area contributed by atoms with Gasteiger partial charge in [-0.15, -0.1) is 0 Å². The number of benzene rings is 1. The summed E-state index contributed by atoms with van der Waals surface area (Å²) in [6, 6.07) is 3.16. The third-order valence-corrected chi connectivity index (χ3v) is 1.76. The molecule has 0 radical (unpaired) electrons. The smallest absolute Gasteiger partial charge is 0.315 e. The SMILES string of the molecule is COC(=O)CC(=O)Nc1c(F)cccc1F. The van der Waals surface area contributed by atoms with E-state index in [1.807, 2.05) is 5.32 Å². The number of para-hydroxylation sites is 1. The van der Waals surface area contributed by atoms with Gasteiger partial charge in [0.05, 0.1) is 7.11 Å². The van der Waals surface area contributed by atoms with Crippen LogP contribution in [0, 0.1) is 11.6 Å². The van der Waals surface area contributed by atoms with Crippen molar-refractivity contribution in [3.05, 3.63) is 29.8 Å². The van der Waals surface area contributed by atoms with Gasteiger partial charge in [0.2, 0.25) is 5.91 Å². The van der Waals surface area contributed by atoms with Gasteiger partial charge in [0.1, 0.15) is 23.7 Å². The van der Waals surface area contributed by atoms with Gasteiger partial charge in [-0.05, 0) is 12.1 Å². The van der Waals surface area contributed by atoms with Crippen LogP contribution < -0.4 is 5.32 Å². The first-order valence-corrected chi connectivity index (χ1v) is 4.35. The van der Waals surface area contributed by atoms with Crippen molar-refractivity contribution in [2.75, 3.05) is 12.4 Å². The van der Waals surface area contributed by atoms with Crippen LogP contribution in [0.1, 0.15) is 6.42 Å². The molecular formula is C10H9F2NO3. The Morgan fingerprint density at radius 2 is 1.88 bits per heavy atom. The van der Waals surface area contributed by atoms with E-state index in [0.717, 1.165) is 19.2 Å². The number of halogens is 2. The lowest BCUT2D eigenvalue weighted by molar-refractivity contribution is -0.142. The molecule has 1 N–H and O–H groups in total. The number of carbonyl (C=O) groups excluding carboxylic acids is 2. The molecule has 0 aliphatic heterocycles. The van der Waals surface area contributed by atoms with Gasteiger partial charge in [-0.25, -0.2) is 8.78 Å². The van der Waals surface area contributed by atoms with E-state index < -0.39 is 35.6 Å². The zero-order chi connectivity index (χ0) is 12.1. The molecule has 0 spiro atoms. The highest BCUT2D eigenvalue weighted by Gasteiger charge is 2.14. The molecule has 0 aliphatic carbocycles. The zero-order valence-electron chi connectivity index (χ0n) is 8.42. The van der Waals surface area contributed by atoms with Gasteiger partial charge >= 0.3 is 5.97 Å². The largest absolute Gasteiger partial charge is 0.469 e. The van der Waals surface area contributed by atoms with Crippen molar-refractivity contribution in [3.63, 3.8) is 0 Å². The highest BCUT2D eigenvalue weighted by molar-refractivity contribution is 6.01. The lowest BCUT2D eigenvalue weighted by Gasteiger charge is -2.06. The number of rotatable bonds is 3. The zero-order valence-corrected chi connectivity index (χ0v) is 8.42. The Morgan fingerprint density at radius 3 is 2.38 bits per heavy atom. The van der Waals surface area contributed by atoms with Crippen molar-refractivity contribution in [1.29, 1.82) is 0 Å². The number of anilines is 1. The number of methoxy groups -OCH3 is 1. The number of amides is 1. The number of hydrogen-bond donors (Lipinski definition) is 1. The summed E-state index contributed by atoms with van der Waals surface area (Å²) in [4.78, 5) is 21.9. The van der Waals surface area contributed by atoms with Gasteiger partial charge in [0.25, 0.3) is 0 Å². The molecule has 4 nitrogen and oxygen atoms in total. The number of esters is 1. The maximum absolute atomic E-state index is 13.1. The fourth-order valence-corrected chi connectivity index (χ4v) is 1.00. The normalized spacial score (nSPS) is 9.69. The van der Waals surface area contributed by atoms with Crippen LogP contribution in [0.15, 0.2) is 18.2 Å². The molecule has 0 aromatic heterocycles. The fraction of sp³-hybridized carbons (Fsp3) is 0.200. The van der Waals surface area contributed by atoms with Gasteiger partial charge < -0.3 is 10.1 Å². The summed E-state index contributed by atoms with van der Waals surface area (Å²) in [6.45, 7) is 0. The van der Waals surface area contributed by atoms with Crippen LogP contribution >= 0.6 is 0 Å². The first-order valence-electron chi connectivity index (χ1n) is 4.35. The van der Waals surface area contributed by atoms with Gasteiger partial charge in [0.15, 0.2) is 0 Å². The lowest BCUT2D eigenvalue weighted by Crippen LogP contribution is -2.18. The molecule has 0 unspecified atom stereocenters. The highest BCUT2D eigenvalue weighted by Crippen LogP contribution is 2.17. The number of nitrogens with one attached hydrogen (secondary N) is 1. The van der Waals surface area contributed by atoms with Crippen molar-refractivity contribution in [2.45, 2.75) is 6.42 Å². The Kier molecular flexibility index (Phi) is 3.93. The van der Waals surface area contributed by atoms with Gasteiger partial charge in [-0.1, -0.05) is 6.07 Å². The summed E-state index contributed by atoms with van der Waals surface area (Å²) in [7, 11) is 1.11. The molecule has 0 saturated carbocycles.